The minimum Gasteiger partial charge on any atom is -0.377 e. The monoisotopic (exact) mass is 583 g/mol. The van der Waals surface area contributed by atoms with E-state index in [-0.39, 0.29) is 6.04 Å². The lowest BCUT2D eigenvalue weighted by molar-refractivity contribution is 0.610. The third-order valence-electron chi connectivity index (χ3n) is 7.55. The topological polar surface area (TPSA) is 139 Å². The lowest BCUT2D eigenvalue weighted by atomic mass is 9.99. The van der Waals surface area contributed by atoms with Gasteiger partial charge in [-0.3, -0.25) is 4.98 Å². The van der Waals surface area contributed by atoms with Crippen molar-refractivity contribution in [2.75, 3.05) is 10.6 Å². The van der Waals surface area contributed by atoms with Gasteiger partial charge in [0.2, 0.25) is 0 Å². The lowest BCUT2D eigenvalue weighted by Gasteiger charge is -2.23. The van der Waals surface area contributed by atoms with Crippen LogP contribution >= 0.6 is 11.6 Å². The van der Waals surface area contributed by atoms with Crippen molar-refractivity contribution in [2.45, 2.75) is 43.8 Å². The van der Waals surface area contributed by atoms with Gasteiger partial charge >= 0.3 is 0 Å². The summed E-state index contributed by atoms with van der Waals surface area (Å²) < 4.78 is 1.88. The molecular formula is C33H26ClN9. The summed E-state index contributed by atoms with van der Waals surface area (Å²) in [5, 5.41) is 46.5. The minimum atomic E-state index is -0.486. The van der Waals surface area contributed by atoms with Crippen LogP contribution in [0.5, 0.6) is 0 Å². The number of nitrogens with one attached hydrogen (secondary N) is 2. The van der Waals surface area contributed by atoms with E-state index in [2.05, 4.69) is 44.1 Å². The van der Waals surface area contributed by atoms with Gasteiger partial charge in [-0.25, -0.2) is 4.68 Å². The maximum atomic E-state index is 10.1. The van der Waals surface area contributed by atoms with E-state index in [1.54, 1.807) is 12.1 Å². The third-order valence-corrected chi connectivity index (χ3v) is 7.89. The van der Waals surface area contributed by atoms with Crippen molar-refractivity contribution >= 4 is 33.9 Å². The van der Waals surface area contributed by atoms with Crippen molar-refractivity contribution in [3.8, 4) is 18.2 Å². The molecule has 1 aliphatic carbocycles. The molecule has 0 unspecified atom stereocenters. The molecule has 10 heteroatoms. The molecule has 0 aliphatic heterocycles. The van der Waals surface area contributed by atoms with Gasteiger partial charge < -0.3 is 10.6 Å². The van der Waals surface area contributed by atoms with Crippen LogP contribution < -0.4 is 10.6 Å². The number of hydrogen-bond acceptors (Lipinski definition) is 8. The molecule has 0 saturated heterocycles. The van der Waals surface area contributed by atoms with Crippen LogP contribution in [0.1, 0.15) is 71.8 Å². The van der Waals surface area contributed by atoms with E-state index in [0.29, 0.717) is 63.0 Å². The summed E-state index contributed by atoms with van der Waals surface area (Å²) in [6.45, 7) is 0. The Morgan fingerprint density at radius 3 is 2.49 bits per heavy atom. The van der Waals surface area contributed by atoms with E-state index in [1.165, 1.54) is 6.20 Å². The molecule has 1 fully saturated rings. The molecule has 2 aromatic heterocycles. The SMILES string of the molecule is N#CCC[C@@H](Nc1c(C#N)cnc2c(N[C@H](c3cn(C4CC4)nn3)c3ccccc3Cl)cc(C#N)cc12)c1ccccc1. The predicted molar refractivity (Wildman–Crippen MR) is 164 cm³/mol. The number of aromatic nitrogens is 4. The van der Waals surface area contributed by atoms with Gasteiger partial charge in [0.15, 0.2) is 0 Å². The molecule has 3 aromatic carbocycles. The average Bonchev–Trinajstić information content (AvgIpc) is 3.78. The molecular weight excluding hydrogens is 558 g/mol. The Hall–Kier alpha value is -5.43. The first kappa shape index (κ1) is 27.7. The fraction of sp³-hybridized carbons (Fsp3) is 0.212. The Balaban J connectivity index is 1.48. The summed E-state index contributed by atoms with van der Waals surface area (Å²) in [7, 11) is 0. The summed E-state index contributed by atoms with van der Waals surface area (Å²) in [5.41, 5.74) is 4.90. The minimum absolute atomic E-state index is 0.242. The Kier molecular flexibility index (Phi) is 7.87. The molecule has 2 N–H and O–H groups in total. The van der Waals surface area contributed by atoms with Crippen molar-refractivity contribution in [2.24, 2.45) is 0 Å². The van der Waals surface area contributed by atoms with Crippen molar-refractivity contribution in [3.63, 3.8) is 0 Å². The summed E-state index contributed by atoms with van der Waals surface area (Å²) in [5.74, 6) is 0. The molecule has 210 valence electrons. The van der Waals surface area contributed by atoms with Gasteiger partial charge in [0, 0.05) is 23.0 Å². The van der Waals surface area contributed by atoms with Crippen LogP contribution in [-0.4, -0.2) is 20.0 Å². The predicted octanol–water partition coefficient (Wildman–Crippen LogP) is 7.22. The average molecular weight is 584 g/mol. The first-order chi connectivity index (χ1) is 21.1. The second-order valence-corrected chi connectivity index (χ2v) is 10.9. The molecule has 0 bridgehead atoms. The molecule has 43 heavy (non-hydrogen) atoms. The number of pyridine rings is 1. The Morgan fingerprint density at radius 2 is 1.77 bits per heavy atom. The molecule has 0 radical (unpaired) electrons. The molecule has 2 heterocycles. The molecule has 9 nitrogen and oxygen atoms in total. The van der Waals surface area contributed by atoms with E-state index in [1.807, 2.05) is 65.5 Å². The van der Waals surface area contributed by atoms with Crippen LogP contribution in [-0.2, 0) is 0 Å². The van der Waals surface area contributed by atoms with Crippen LogP contribution in [0.15, 0.2) is 79.1 Å². The molecule has 0 amide bonds. The molecule has 5 aromatic rings. The molecule has 1 saturated carbocycles. The van der Waals surface area contributed by atoms with E-state index < -0.39 is 6.04 Å². The van der Waals surface area contributed by atoms with E-state index >= 15 is 0 Å². The van der Waals surface area contributed by atoms with E-state index in [4.69, 9.17) is 11.6 Å². The number of nitriles is 3. The van der Waals surface area contributed by atoms with E-state index in [0.717, 1.165) is 24.0 Å². The fourth-order valence-electron chi connectivity index (χ4n) is 5.22. The highest BCUT2D eigenvalue weighted by Crippen LogP contribution is 2.39. The number of fused-ring (bicyclic) bond motifs is 1. The third kappa shape index (κ3) is 5.83. The number of nitrogens with zero attached hydrogens (tertiary/aromatic N) is 7. The van der Waals surface area contributed by atoms with Crippen LogP contribution in [0.3, 0.4) is 0 Å². The Labute approximate surface area is 254 Å². The highest BCUT2D eigenvalue weighted by Gasteiger charge is 2.28. The van der Waals surface area contributed by atoms with Crippen molar-refractivity contribution in [1.82, 2.24) is 20.0 Å². The van der Waals surface area contributed by atoms with Gasteiger partial charge in [-0.1, -0.05) is 65.3 Å². The Bertz CT molecular complexity index is 1910. The zero-order valence-electron chi connectivity index (χ0n) is 23.1. The second-order valence-electron chi connectivity index (χ2n) is 10.4. The number of halogens is 1. The van der Waals surface area contributed by atoms with Crippen molar-refractivity contribution in [1.29, 1.82) is 15.8 Å². The highest BCUT2D eigenvalue weighted by atomic mass is 35.5. The van der Waals surface area contributed by atoms with Crippen LogP contribution in [0, 0.1) is 34.0 Å². The van der Waals surface area contributed by atoms with Gasteiger partial charge in [-0.2, -0.15) is 15.8 Å². The maximum absolute atomic E-state index is 10.1. The smallest absolute Gasteiger partial charge is 0.110 e. The maximum Gasteiger partial charge on any atom is 0.110 e. The number of benzene rings is 3. The van der Waals surface area contributed by atoms with Crippen molar-refractivity contribution in [3.05, 3.63) is 112 Å². The van der Waals surface area contributed by atoms with Crippen LogP contribution in [0.2, 0.25) is 5.02 Å². The quantitative estimate of drug-likeness (QED) is 0.176. The number of hydrogen-bond donors (Lipinski definition) is 2. The van der Waals surface area contributed by atoms with Gasteiger partial charge in [0.1, 0.15) is 11.8 Å². The van der Waals surface area contributed by atoms with Gasteiger partial charge in [0.05, 0.1) is 64.5 Å². The highest BCUT2D eigenvalue weighted by molar-refractivity contribution is 6.31. The molecule has 1 aliphatic rings. The standard InChI is InChI=1S/C33H26ClN9/c34-27-10-5-4-9-25(27)33(30-20-43(42-41-30)24-12-13-24)40-29-16-21(17-36)15-26-31(23(18-37)19-38-32(26)29)39-28(11-6-14-35)22-7-2-1-3-8-22/h1-5,7-10,15-16,19-20,24,28,33,40H,6,11-13H2,(H,38,39)/t28-,33+/m1/s1. The first-order valence-corrected chi connectivity index (χ1v) is 14.4. The molecule has 0 spiro atoms. The van der Waals surface area contributed by atoms with Crippen LogP contribution in [0.25, 0.3) is 10.9 Å². The molecule has 2 atom stereocenters. The van der Waals surface area contributed by atoms with Crippen molar-refractivity contribution < 1.29 is 0 Å². The zero-order valence-corrected chi connectivity index (χ0v) is 23.8. The van der Waals surface area contributed by atoms with E-state index in [9.17, 15) is 15.8 Å². The van der Waals surface area contributed by atoms with Crippen LogP contribution in [0.4, 0.5) is 11.4 Å². The zero-order chi connectivity index (χ0) is 29.8. The first-order valence-electron chi connectivity index (χ1n) is 14.0. The summed E-state index contributed by atoms with van der Waals surface area (Å²) >= 11 is 6.68. The fourth-order valence-corrected chi connectivity index (χ4v) is 5.47. The number of rotatable bonds is 10. The largest absolute Gasteiger partial charge is 0.377 e. The molecule has 6 rings (SSSR count). The van der Waals surface area contributed by atoms with Gasteiger partial charge in [-0.15, -0.1) is 5.10 Å². The lowest BCUT2D eigenvalue weighted by Crippen LogP contribution is -2.15. The normalized spacial score (nSPS) is 13.8. The Morgan fingerprint density at radius 1 is 0.977 bits per heavy atom. The van der Waals surface area contributed by atoms with Gasteiger partial charge in [-0.05, 0) is 48.6 Å². The summed E-state index contributed by atoms with van der Waals surface area (Å²) in [6.07, 6.45) is 6.46. The second kappa shape index (κ2) is 12.2. The summed E-state index contributed by atoms with van der Waals surface area (Å²) in [6, 6.07) is 27.2. The van der Waals surface area contributed by atoms with Gasteiger partial charge in [0.25, 0.3) is 0 Å². The number of anilines is 2. The summed E-state index contributed by atoms with van der Waals surface area (Å²) in [4.78, 5) is 4.68.